The average molecular weight is 301 g/mol. The Bertz CT molecular complexity index is 578. The van der Waals surface area contributed by atoms with Crippen molar-refractivity contribution in [1.29, 1.82) is 0 Å². The lowest BCUT2D eigenvalue weighted by Gasteiger charge is -2.21. The number of hydrogen-bond acceptors (Lipinski definition) is 2. The van der Waals surface area contributed by atoms with Gasteiger partial charge in [0.2, 0.25) is 5.91 Å². The van der Waals surface area contributed by atoms with Gasteiger partial charge in [-0.25, -0.2) is 4.79 Å². The second-order valence-electron chi connectivity index (χ2n) is 6.80. The lowest BCUT2D eigenvalue weighted by Crippen LogP contribution is -2.41. The van der Waals surface area contributed by atoms with Crippen LogP contribution in [0.2, 0.25) is 0 Å². The molecule has 1 saturated carbocycles. The summed E-state index contributed by atoms with van der Waals surface area (Å²) in [6, 6.07) is 7.89. The van der Waals surface area contributed by atoms with Crippen LogP contribution in [-0.2, 0) is 9.59 Å². The summed E-state index contributed by atoms with van der Waals surface area (Å²) < 4.78 is 0. The average Bonchev–Trinajstić information content (AvgIpc) is 3.14. The van der Waals surface area contributed by atoms with Gasteiger partial charge in [-0.15, -0.1) is 0 Å². The number of carbonyl (C=O) groups is 2. The first kappa shape index (κ1) is 15.1. The van der Waals surface area contributed by atoms with E-state index >= 15 is 0 Å². The van der Waals surface area contributed by atoms with E-state index in [9.17, 15) is 14.7 Å². The molecular weight excluding hydrogens is 278 g/mol. The molecule has 22 heavy (non-hydrogen) atoms. The Labute approximate surface area is 131 Å². The Hall–Kier alpha value is -1.84. The second kappa shape index (κ2) is 5.75. The van der Waals surface area contributed by atoms with Crippen LogP contribution in [0.1, 0.15) is 56.1 Å². The van der Waals surface area contributed by atoms with Crippen LogP contribution in [0.25, 0.3) is 0 Å². The van der Waals surface area contributed by atoms with Gasteiger partial charge in [-0.1, -0.05) is 38.1 Å². The Morgan fingerprint density at radius 2 is 1.91 bits per heavy atom. The van der Waals surface area contributed by atoms with E-state index in [-0.39, 0.29) is 17.7 Å². The molecule has 1 amide bonds. The van der Waals surface area contributed by atoms with Gasteiger partial charge >= 0.3 is 5.97 Å². The summed E-state index contributed by atoms with van der Waals surface area (Å²) in [5.74, 6) is -0.0904. The molecule has 4 nitrogen and oxygen atoms in total. The summed E-state index contributed by atoms with van der Waals surface area (Å²) in [5.41, 5.74) is 2.51. The van der Waals surface area contributed by atoms with Crippen molar-refractivity contribution in [2.75, 3.05) is 6.54 Å². The quantitative estimate of drug-likeness (QED) is 0.930. The lowest BCUT2D eigenvalue weighted by atomic mass is 10.00. The Morgan fingerprint density at radius 3 is 2.50 bits per heavy atom. The Kier molecular flexibility index (Phi) is 3.94. The highest BCUT2D eigenvalue weighted by molar-refractivity contribution is 5.88. The zero-order valence-corrected chi connectivity index (χ0v) is 13.2. The molecule has 1 saturated heterocycles. The van der Waals surface area contributed by atoms with Crippen LogP contribution in [-0.4, -0.2) is 34.5 Å². The normalized spacial score (nSPS) is 27.2. The van der Waals surface area contributed by atoms with Crippen molar-refractivity contribution in [2.45, 2.75) is 51.0 Å². The van der Waals surface area contributed by atoms with Crippen LogP contribution in [0.15, 0.2) is 24.3 Å². The molecule has 0 bridgehead atoms. The van der Waals surface area contributed by atoms with E-state index in [0.29, 0.717) is 18.9 Å². The maximum atomic E-state index is 12.5. The molecule has 2 unspecified atom stereocenters. The summed E-state index contributed by atoms with van der Waals surface area (Å²) in [6.07, 6.45) is 2.23. The highest BCUT2D eigenvalue weighted by atomic mass is 16.4. The van der Waals surface area contributed by atoms with Crippen LogP contribution in [0.3, 0.4) is 0 Å². The molecule has 1 heterocycles. The molecule has 2 fully saturated rings. The molecule has 1 aromatic rings. The zero-order valence-electron chi connectivity index (χ0n) is 13.2. The second-order valence-corrected chi connectivity index (χ2v) is 6.80. The zero-order chi connectivity index (χ0) is 15.9. The molecular formula is C18H23NO3. The van der Waals surface area contributed by atoms with Crippen molar-refractivity contribution < 1.29 is 14.7 Å². The van der Waals surface area contributed by atoms with Gasteiger partial charge in [-0.05, 0) is 42.2 Å². The molecule has 2 aliphatic rings. The van der Waals surface area contributed by atoms with Gasteiger partial charge in [0.25, 0.3) is 0 Å². The number of amides is 1. The number of hydrogen-bond donors (Lipinski definition) is 1. The summed E-state index contributed by atoms with van der Waals surface area (Å²) in [7, 11) is 0. The minimum absolute atomic E-state index is 0.0233. The molecule has 1 aliphatic carbocycles. The fourth-order valence-electron chi connectivity index (χ4n) is 3.46. The molecule has 1 aromatic carbocycles. The van der Waals surface area contributed by atoms with Gasteiger partial charge in [0.1, 0.15) is 6.04 Å². The van der Waals surface area contributed by atoms with E-state index in [1.165, 1.54) is 11.1 Å². The number of aliphatic carboxylic acids is 1. The molecule has 1 N–H and O–H groups in total. The molecule has 0 aromatic heterocycles. The van der Waals surface area contributed by atoms with Crippen LogP contribution in [0.4, 0.5) is 0 Å². The van der Waals surface area contributed by atoms with Crippen molar-refractivity contribution in [3.8, 4) is 0 Å². The van der Waals surface area contributed by atoms with E-state index in [4.69, 9.17) is 0 Å². The molecule has 4 heteroatoms. The van der Waals surface area contributed by atoms with Crippen molar-refractivity contribution in [1.82, 2.24) is 4.90 Å². The van der Waals surface area contributed by atoms with Crippen molar-refractivity contribution in [2.24, 2.45) is 5.92 Å². The smallest absolute Gasteiger partial charge is 0.326 e. The van der Waals surface area contributed by atoms with Gasteiger partial charge < -0.3 is 10.0 Å². The molecule has 0 radical (unpaired) electrons. The minimum Gasteiger partial charge on any atom is -0.480 e. The highest BCUT2D eigenvalue weighted by Crippen LogP contribution is 2.49. The fraction of sp³-hybridized carbons (Fsp3) is 0.556. The highest BCUT2D eigenvalue weighted by Gasteiger charge is 2.48. The van der Waals surface area contributed by atoms with Gasteiger partial charge in [0.15, 0.2) is 0 Å². The number of likely N-dealkylation sites (tertiary alicyclic amines) is 1. The number of carboxylic acids is 1. The monoisotopic (exact) mass is 301 g/mol. The van der Waals surface area contributed by atoms with E-state index in [1.807, 2.05) is 0 Å². The van der Waals surface area contributed by atoms with Crippen LogP contribution < -0.4 is 0 Å². The van der Waals surface area contributed by atoms with Gasteiger partial charge in [0, 0.05) is 12.5 Å². The number of rotatable bonds is 4. The van der Waals surface area contributed by atoms with Crippen LogP contribution in [0, 0.1) is 5.92 Å². The largest absolute Gasteiger partial charge is 0.480 e. The third-order valence-electron chi connectivity index (χ3n) is 4.96. The van der Waals surface area contributed by atoms with Crippen molar-refractivity contribution >= 4 is 11.9 Å². The van der Waals surface area contributed by atoms with Crippen molar-refractivity contribution in [3.63, 3.8) is 0 Å². The number of benzene rings is 1. The van der Waals surface area contributed by atoms with Crippen LogP contribution >= 0.6 is 0 Å². The summed E-state index contributed by atoms with van der Waals surface area (Å²) in [5, 5.41) is 9.21. The Morgan fingerprint density at radius 1 is 1.23 bits per heavy atom. The predicted molar refractivity (Wildman–Crippen MR) is 83.7 cm³/mol. The standard InChI is InChI=1S/C18H23NO3/c1-11(2)12-5-7-13(8-6-12)14-10-15(14)17(20)19-9-3-4-16(19)18(21)22/h5-8,11,14-16H,3-4,9-10H2,1-2H3,(H,21,22)/t14?,15?,16-/m1/s1. The van der Waals surface area contributed by atoms with E-state index < -0.39 is 12.0 Å². The minimum atomic E-state index is -0.871. The van der Waals surface area contributed by atoms with Gasteiger partial charge in [-0.2, -0.15) is 0 Å². The number of nitrogens with zero attached hydrogens (tertiary/aromatic N) is 1. The summed E-state index contributed by atoms with van der Waals surface area (Å²) >= 11 is 0. The third-order valence-corrected chi connectivity index (χ3v) is 4.96. The summed E-state index contributed by atoms with van der Waals surface area (Å²) in [6.45, 7) is 4.92. The van der Waals surface area contributed by atoms with Crippen molar-refractivity contribution in [3.05, 3.63) is 35.4 Å². The Balaban J connectivity index is 1.66. The van der Waals surface area contributed by atoms with E-state index in [0.717, 1.165) is 12.8 Å². The van der Waals surface area contributed by atoms with Gasteiger partial charge in [0.05, 0.1) is 0 Å². The van der Waals surface area contributed by atoms with E-state index in [1.54, 1.807) is 4.90 Å². The number of carboxylic acid groups (broad SMARTS) is 1. The van der Waals surface area contributed by atoms with Gasteiger partial charge in [-0.3, -0.25) is 4.79 Å². The predicted octanol–water partition coefficient (Wildman–Crippen LogP) is 2.99. The SMILES string of the molecule is CC(C)c1ccc(C2CC2C(=O)N2CCC[C@@H]2C(=O)O)cc1. The first-order chi connectivity index (χ1) is 10.5. The topological polar surface area (TPSA) is 57.6 Å². The molecule has 1 aliphatic heterocycles. The third kappa shape index (κ3) is 2.74. The molecule has 3 rings (SSSR count). The fourth-order valence-corrected chi connectivity index (χ4v) is 3.46. The van der Waals surface area contributed by atoms with E-state index in [2.05, 4.69) is 38.1 Å². The molecule has 3 atom stereocenters. The lowest BCUT2D eigenvalue weighted by molar-refractivity contribution is -0.148. The maximum Gasteiger partial charge on any atom is 0.326 e. The molecule has 0 spiro atoms. The first-order valence-corrected chi connectivity index (χ1v) is 8.12. The first-order valence-electron chi connectivity index (χ1n) is 8.12. The number of carbonyl (C=O) groups excluding carboxylic acids is 1. The maximum absolute atomic E-state index is 12.5. The van der Waals surface area contributed by atoms with Crippen LogP contribution in [0.5, 0.6) is 0 Å². The summed E-state index contributed by atoms with van der Waals surface area (Å²) in [4.78, 5) is 25.3. The molecule has 118 valence electrons.